The summed E-state index contributed by atoms with van der Waals surface area (Å²) in [6, 6.07) is 19.0. The molecule has 0 unspecified atom stereocenters. The summed E-state index contributed by atoms with van der Waals surface area (Å²) in [5, 5.41) is 3.47. The van der Waals surface area contributed by atoms with Gasteiger partial charge < -0.3 is 5.32 Å². The predicted molar refractivity (Wildman–Crippen MR) is 72.6 cm³/mol. The third-order valence-corrected chi connectivity index (χ3v) is 3.00. The average Bonchev–Trinajstić information content (AvgIpc) is 2.30. The van der Waals surface area contributed by atoms with Crippen LogP contribution in [-0.2, 0) is 0 Å². The zero-order valence-electron chi connectivity index (χ0n) is 9.15. The monoisotopic (exact) mass is 275 g/mol. The molecule has 2 heteroatoms. The largest absolute Gasteiger partial charge is 0.378 e. The highest BCUT2D eigenvalue weighted by atomic mass is 79.9. The van der Waals surface area contributed by atoms with Crippen molar-refractivity contribution in [1.82, 2.24) is 0 Å². The Hall–Kier alpha value is -1.28. The first-order valence-electron chi connectivity index (χ1n) is 5.33. The van der Waals surface area contributed by atoms with Crippen molar-refractivity contribution < 1.29 is 0 Å². The molecule has 2 aromatic carbocycles. The van der Waals surface area contributed by atoms with E-state index < -0.39 is 0 Å². The van der Waals surface area contributed by atoms with Crippen molar-refractivity contribution >= 4 is 21.6 Å². The Kier molecular flexibility index (Phi) is 3.62. The fourth-order valence-electron chi connectivity index (χ4n) is 1.65. The molecule has 0 aromatic heterocycles. The van der Waals surface area contributed by atoms with E-state index in [-0.39, 0.29) is 0 Å². The van der Waals surface area contributed by atoms with Crippen molar-refractivity contribution in [2.24, 2.45) is 0 Å². The zero-order chi connectivity index (χ0) is 11.4. The van der Waals surface area contributed by atoms with E-state index in [1.165, 1.54) is 5.56 Å². The second kappa shape index (κ2) is 5.17. The summed E-state index contributed by atoms with van der Waals surface area (Å²) in [6.07, 6.45) is 0. The second-order valence-electron chi connectivity index (χ2n) is 3.79. The SMILES string of the molecule is C[C@@H](Nc1cccc(Br)c1)c1ccccc1. The van der Waals surface area contributed by atoms with E-state index in [1.54, 1.807) is 0 Å². The molecule has 0 fully saturated rings. The van der Waals surface area contributed by atoms with Crippen LogP contribution in [0.3, 0.4) is 0 Å². The molecule has 82 valence electrons. The van der Waals surface area contributed by atoms with Gasteiger partial charge in [0.15, 0.2) is 0 Å². The van der Waals surface area contributed by atoms with Gasteiger partial charge in [-0.05, 0) is 30.7 Å². The number of nitrogens with one attached hydrogen (secondary N) is 1. The van der Waals surface area contributed by atoms with Gasteiger partial charge in [0.1, 0.15) is 0 Å². The highest BCUT2D eigenvalue weighted by molar-refractivity contribution is 9.10. The highest BCUT2D eigenvalue weighted by Crippen LogP contribution is 2.21. The molecule has 0 aliphatic heterocycles. The molecular formula is C14H14BrN. The number of rotatable bonds is 3. The molecule has 0 aliphatic carbocycles. The van der Waals surface area contributed by atoms with E-state index in [1.807, 2.05) is 18.2 Å². The predicted octanol–water partition coefficient (Wildman–Crippen LogP) is 4.62. The van der Waals surface area contributed by atoms with Crippen molar-refractivity contribution in [2.45, 2.75) is 13.0 Å². The summed E-state index contributed by atoms with van der Waals surface area (Å²) in [7, 11) is 0. The maximum Gasteiger partial charge on any atom is 0.0485 e. The lowest BCUT2D eigenvalue weighted by Gasteiger charge is -2.15. The van der Waals surface area contributed by atoms with E-state index in [4.69, 9.17) is 0 Å². The molecule has 1 atom stereocenters. The normalized spacial score (nSPS) is 12.1. The average molecular weight is 276 g/mol. The molecule has 0 amide bonds. The zero-order valence-corrected chi connectivity index (χ0v) is 10.7. The van der Waals surface area contributed by atoms with Crippen LogP contribution in [0.15, 0.2) is 59.1 Å². The van der Waals surface area contributed by atoms with Gasteiger partial charge in [-0.25, -0.2) is 0 Å². The lowest BCUT2D eigenvalue weighted by Crippen LogP contribution is -2.06. The van der Waals surface area contributed by atoms with Gasteiger partial charge in [0.05, 0.1) is 0 Å². The summed E-state index contributed by atoms with van der Waals surface area (Å²) in [5.41, 5.74) is 2.42. The van der Waals surface area contributed by atoms with Gasteiger partial charge in [-0.3, -0.25) is 0 Å². The number of halogens is 1. The summed E-state index contributed by atoms with van der Waals surface area (Å²) >= 11 is 3.47. The van der Waals surface area contributed by atoms with Crippen molar-refractivity contribution in [3.63, 3.8) is 0 Å². The minimum Gasteiger partial charge on any atom is -0.378 e. The van der Waals surface area contributed by atoms with Crippen molar-refractivity contribution in [3.8, 4) is 0 Å². The Bertz CT molecular complexity index is 453. The summed E-state index contributed by atoms with van der Waals surface area (Å²) in [5.74, 6) is 0. The van der Waals surface area contributed by atoms with Gasteiger partial charge in [0.25, 0.3) is 0 Å². The summed E-state index contributed by atoms with van der Waals surface area (Å²) in [4.78, 5) is 0. The van der Waals surface area contributed by atoms with Gasteiger partial charge in [-0.15, -0.1) is 0 Å². The fraction of sp³-hybridized carbons (Fsp3) is 0.143. The van der Waals surface area contributed by atoms with Crippen molar-refractivity contribution in [1.29, 1.82) is 0 Å². The van der Waals surface area contributed by atoms with Crippen LogP contribution in [0.1, 0.15) is 18.5 Å². The molecule has 0 bridgehead atoms. The Morgan fingerprint density at radius 3 is 2.44 bits per heavy atom. The van der Waals surface area contributed by atoms with Crippen molar-refractivity contribution in [2.75, 3.05) is 5.32 Å². The van der Waals surface area contributed by atoms with Gasteiger partial charge in [0, 0.05) is 16.2 Å². The lowest BCUT2D eigenvalue weighted by molar-refractivity contribution is 0.885. The minimum absolute atomic E-state index is 0.315. The second-order valence-corrected chi connectivity index (χ2v) is 4.70. The number of anilines is 1. The number of hydrogen-bond acceptors (Lipinski definition) is 1. The molecule has 0 heterocycles. The molecule has 0 saturated carbocycles. The van der Waals surface area contributed by atoms with Crippen LogP contribution in [0.4, 0.5) is 5.69 Å². The first kappa shape index (κ1) is 11.2. The van der Waals surface area contributed by atoms with E-state index in [9.17, 15) is 0 Å². The van der Waals surface area contributed by atoms with Crippen molar-refractivity contribution in [3.05, 3.63) is 64.6 Å². The van der Waals surface area contributed by atoms with Gasteiger partial charge >= 0.3 is 0 Å². The topological polar surface area (TPSA) is 12.0 Å². The smallest absolute Gasteiger partial charge is 0.0485 e. The van der Waals surface area contributed by atoms with Crippen LogP contribution < -0.4 is 5.32 Å². The summed E-state index contributed by atoms with van der Waals surface area (Å²) < 4.78 is 1.10. The standard InChI is InChI=1S/C14H14BrN/c1-11(12-6-3-2-4-7-12)16-14-9-5-8-13(15)10-14/h2-11,16H,1H3/t11-/m1/s1. The maximum absolute atomic E-state index is 3.47. The Morgan fingerprint density at radius 2 is 1.75 bits per heavy atom. The van der Waals surface area contributed by atoms with E-state index in [0.29, 0.717) is 6.04 Å². The number of benzene rings is 2. The Labute approximate surface area is 105 Å². The van der Waals surface area contributed by atoms with E-state index >= 15 is 0 Å². The molecule has 1 N–H and O–H groups in total. The molecular weight excluding hydrogens is 262 g/mol. The van der Waals surface area contributed by atoms with Crippen LogP contribution in [0.25, 0.3) is 0 Å². The van der Waals surface area contributed by atoms with Gasteiger partial charge in [0.2, 0.25) is 0 Å². The van der Waals surface area contributed by atoms with Crippen LogP contribution in [0.2, 0.25) is 0 Å². The van der Waals surface area contributed by atoms with E-state index in [0.717, 1.165) is 10.2 Å². The lowest BCUT2D eigenvalue weighted by atomic mass is 10.1. The molecule has 2 aromatic rings. The molecule has 0 aliphatic rings. The Morgan fingerprint density at radius 1 is 1.00 bits per heavy atom. The first-order chi connectivity index (χ1) is 7.75. The Balaban J connectivity index is 2.11. The maximum atomic E-state index is 3.47. The molecule has 0 radical (unpaired) electrons. The summed E-state index contributed by atoms with van der Waals surface area (Å²) in [6.45, 7) is 2.16. The first-order valence-corrected chi connectivity index (χ1v) is 6.12. The molecule has 2 rings (SSSR count). The van der Waals surface area contributed by atoms with E-state index in [2.05, 4.69) is 64.6 Å². The highest BCUT2D eigenvalue weighted by Gasteiger charge is 2.03. The third kappa shape index (κ3) is 2.86. The fourth-order valence-corrected chi connectivity index (χ4v) is 2.05. The number of hydrogen-bond donors (Lipinski definition) is 1. The molecule has 16 heavy (non-hydrogen) atoms. The quantitative estimate of drug-likeness (QED) is 0.862. The van der Waals surface area contributed by atoms with Gasteiger partial charge in [-0.1, -0.05) is 52.3 Å². The van der Waals surface area contributed by atoms with Crippen LogP contribution in [0.5, 0.6) is 0 Å². The molecule has 0 saturated heterocycles. The van der Waals surface area contributed by atoms with Gasteiger partial charge in [-0.2, -0.15) is 0 Å². The van der Waals surface area contributed by atoms with Crippen LogP contribution in [-0.4, -0.2) is 0 Å². The molecule has 1 nitrogen and oxygen atoms in total. The molecule has 0 spiro atoms. The minimum atomic E-state index is 0.315. The van der Waals surface area contributed by atoms with Crippen LogP contribution >= 0.6 is 15.9 Å². The van der Waals surface area contributed by atoms with Crippen LogP contribution in [0, 0.1) is 0 Å². The third-order valence-electron chi connectivity index (χ3n) is 2.51.